The lowest BCUT2D eigenvalue weighted by Gasteiger charge is -2.11. The maximum atomic E-state index is 11.4. The Bertz CT molecular complexity index is 341. The minimum absolute atomic E-state index is 0.145. The van der Waals surface area contributed by atoms with Crippen molar-refractivity contribution >= 4 is 5.78 Å². The molecule has 0 aliphatic rings. The van der Waals surface area contributed by atoms with Gasteiger partial charge in [-0.3, -0.25) is 9.48 Å². The van der Waals surface area contributed by atoms with Crippen LogP contribution >= 0.6 is 0 Å². The van der Waals surface area contributed by atoms with E-state index < -0.39 is 0 Å². The van der Waals surface area contributed by atoms with Crippen LogP contribution in [-0.4, -0.2) is 15.6 Å². The van der Waals surface area contributed by atoms with Gasteiger partial charge in [0.15, 0.2) is 0 Å². The van der Waals surface area contributed by atoms with Crippen molar-refractivity contribution in [2.75, 3.05) is 0 Å². The zero-order chi connectivity index (χ0) is 11.4. The van der Waals surface area contributed by atoms with E-state index in [2.05, 4.69) is 25.0 Å². The number of carbonyl (C=O) groups is 1. The lowest BCUT2D eigenvalue weighted by Crippen LogP contribution is -2.15. The maximum absolute atomic E-state index is 11.4. The highest BCUT2D eigenvalue weighted by molar-refractivity contribution is 5.78. The Morgan fingerprint density at radius 2 is 2.20 bits per heavy atom. The summed E-state index contributed by atoms with van der Waals surface area (Å²) in [5.74, 6) is 0.422. The molecule has 84 valence electrons. The van der Waals surface area contributed by atoms with Gasteiger partial charge in [0.2, 0.25) is 0 Å². The molecule has 0 aliphatic carbocycles. The molecule has 0 fully saturated rings. The summed E-state index contributed by atoms with van der Waals surface area (Å²) in [6.07, 6.45) is 1.73. The lowest BCUT2D eigenvalue weighted by atomic mass is 9.96. The number of carbonyl (C=O) groups excluding carboxylic acids is 1. The number of rotatable bonds is 5. The van der Waals surface area contributed by atoms with Crippen molar-refractivity contribution in [3.05, 3.63) is 17.5 Å². The predicted molar refractivity (Wildman–Crippen MR) is 60.8 cm³/mol. The van der Waals surface area contributed by atoms with E-state index in [1.807, 2.05) is 11.6 Å². The Labute approximate surface area is 91.5 Å². The van der Waals surface area contributed by atoms with Crippen LogP contribution in [0.3, 0.4) is 0 Å². The average molecular weight is 208 g/mol. The molecule has 1 heterocycles. The molecule has 1 rings (SSSR count). The summed E-state index contributed by atoms with van der Waals surface area (Å²) in [6, 6.07) is 2.08. The number of aromatic nitrogens is 2. The smallest absolute Gasteiger partial charge is 0.133 e. The second kappa shape index (κ2) is 5.10. The molecule has 0 spiro atoms. The first kappa shape index (κ1) is 12.0. The van der Waals surface area contributed by atoms with Crippen molar-refractivity contribution in [1.29, 1.82) is 0 Å². The number of nitrogens with zero attached hydrogens (tertiary/aromatic N) is 2. The fraction of sp³-hybridized carbons (Fsp3) is 0.667. The number of Topliss-reactive ketones (excluding diaryl/α,β-unsaturated/α-hetero) is 1. The van der Waals surface area contributed by atoms with Gasteiger partial charge in [0.25, 0.3) is 0 Å². The highest BCUT2D eigenvalue weighted by Gasteiger charge is 2.15. The van der Waals surface area contributed by atoms with Gasteiger partial charge in [-0.2, -0.15) is 5.10 Å². The van der Waals surface area contributed by atoms with Crippen molar-refractivity contribution in [2.24, 2.45) is 5.92 Å². The molecule has 3 nitrogen and oxygen atoms in total. The van der Waals surface area contributed by atoms with Gasteiger partial charge in [-0.15, -0.1) is 0 Å². The fourth-order valence-corrected chi connectivity index (χ4v) is 1.87. The van der Waals surface area contributed by atoms with Gasteiger partial charge in [-0.1, -0.05) is 6.92 Å². The molecule has 0 amide bonds. The summed E-state index contributed by atoms with van der Waals surface area (Å²) in [5, 5.41) is 4.38. The number of ketones is 1. The minimum atomic E-state index is 0.145. The molecule has 0 saturated carbocycles. The van der Waals surface area contributed by atoms with Gasteiger partial charge in [-0.25, -0.2) is 0 Å². The van der Waals surface area contributed by atoms with Crippen LogP contribution in [0.2, 0.25) is 0 Å². The first-order valence-electron chi connectivity index (χ1n) is 5.62. The van der Waals surface area contributed by atoms with E-state index >= 15 is 0 Å². The molecule has 0 aliphatic heterocycles. The normalized spacial score (nSPS) is 12.8. The summed E-state index contributed by atoms with van der Waals surface area (Å²) in [6.45, 7) is 8.67. The number of hydrogen-bond acceptors (Lipinski definition) is 2. The van der Waals surface area contributed by atoms with Crippen molar-refractivity contribution in [3.8, 4) is 0 Å². The molecule has 0 saturated heterocycles. The van der Waals surface area contributed by atoms with Crippen LogP contribution in [0.5, 0.6) is 0 Å². The van der Waals surface area contributed by atoms with E-state index in [4.69, 9.17) is 0 Å². The molecule has 1 atom stereocenters. The molecule has 1 unspecified atom stereocenters. The molecule has 15 heavy (non-hydrogen) atoms. The summed E-state index contributed by atoms with van der Waals surface area (Å²) < 4.78 is 1.99. The quantitative estimate of drug-likeness (QED) is 0.744. The zero-order valence-electron chi connectivity index (χ0n) is 10.1. The van der Waals surface area contributed by atoms with Gasteiger partial charge in [-0.05, 0) is 39.7 Å². The third-order valence-electron chi connectivity index (χ3n) is 2.81. The van der Waals surface area contributed by atoms with Crippen molar-refractivity contribution in [1.82, 2.24) is 9.78 Å². The summed E-state index contributed by atoms with van der Waals surface area (Å²) in [7, 11) is 0. The fourth-order valence-electron chi connectivity index (χ4n) is 1.87. The van der Waals surface area contributed by atoms with Crippen LogP contribution in [0, 0.1) is 12.8 Å². The Kier molecular flexibility index (Phi) is 4.06. The van der Waals surface area contributed by atoms with Crippen LogP contribution in [0.25, 0.3) is 0 Å². The average Bonchev–Trinajstić information content (AvgIpc) is 2.54. The first-order chi connectivity index (χ1) is 7.08. The van der Waals surface area contributed by atoms with E-state index in [1.54, 1.807) is 6.92 Å². The molecule has 1 aromatic rings. The van der Waals surface area contributed by atoms with E-state index in [1.165, 1.54) is 5.69 Å². The first-order valence-corrected chi connectivity index (χ1v) is 5.62. The third-order valence-corrected chi connectivity index (χ3v) is 2.81. The van der Waals surface area contributed by atoms with Gasteiger partial charge < -0.3 is 0 Å². The second-order valence-electron chi connectivity index (χ2n) is 4.01. The summed E-state index contributed by atoms with van der Waals surface area (Å²) >= 11 is 0. The number of hydrogen-bond donors (Lipinski definition) is 0. The van der Waals surface area contributed by atoms with Gasteiger partial charge in [0, 0.05) is 18.2 Å². The Balaban J connectivity index is 2.82. The standard InChI is InChI=1S/C12H20N2O/c1-5-11(10(4)15)8-12-7-9(3)13-14(12)6-2/h7,11H,5-6,8H2,1-4H3. The summed E-state index contributed by atoms with van der Waals surface area (Å²) in [4.78, 5) is 11.4. The van der Waals surface area contributed by atoms with Gasteiger partial charge in [0.1, 0.15) is 5.78 Å². The monoisotopic (exact) mass is 208 g/mol. The van der Waals surface area contributed by atoms with Crippen LogP contribution in [0.1, 0.15) is 38.6 Å². The zero-order valence-corrected chi connectivity index (χ0v) is 10.1. The van der Waals surface area contributed by atoms with Crippen LogP contribution in [0.4, 0.5) is 0 Å². The van der Waals surface area contributed by atoms with E-state index in [0.29, 0.717) is 0 Å². The van der Waals surface area contributed by atoms with E-state index in [9.17, 15) is 4.79 Å². The Morgan fingerprint density at radius 1 is 1.53 bits per heavy atom. The molecular weight excluding hydrogens is 188 g/mol. The SMILES string of the molecule is CCC(Cc1cc(C)nn1CC)C(C)=O. The van der Waals surface area contributed by atoms with Gasteiger partial charge in [0.05, 0.1) is 5.69 Å². The topological polar surface area (TPSA) is 34.9 Å². The van der Waals surface area contributed by atoms with E-state index in [0.717, 1.165) is 25.1 Å². The van der Waals surface area contributed by atoms with Crippen LogP contribution in [-0.2, 0) is 17.8 Å². The highest BCUT2D eigenvalue weighted by atomic mass is 16.1. The lowest BCUT2D eigenvalue weighted by molar-refractivity contribution is -0.120. The molecule has 0 bridgehead atoms. The van der Waals surface area contributed by atoms with E-state index in [-0.39, 0.29) is 11.7 Å². The minimum Gasteiger partial charge on any atom is -0.300 e. The van der Waals surface area contributed by atoms with Gasteiger partial charge >= 0.3 is 0 Å². The second-order valence-corrected chi connectivity index (χ2v) is 4.01. The molecule has 0 N–H and O–H groups in total. The molecule has 3 heteroatoms. The molecule has 0 aromatic carbocycles. The Hall–Kier alpha value is -1.12. The third kappa shape index (κ3) is 2.91. The van der Waals surface area contributed by atoms with Crippen molar-refractivity contribution < 1.29 is 4.79 Å². The van der Waals surface area contributed by atoms with Crippen LogP contribution < -0.4 is 0 Å². The van der Waals surface area contributed by atoms with Crippen LogP contribution in [0.15, 0.2) is 6.07 Å². The number of aryl methyl sites for hydroxylation is 2. The molecule has 0 radical (unpaired) electrons. The maximum Gasteiger partial charge on any atom is 0.133 e. The molecular formula is C12H20N2O. The summed E-state index contributed by atoms with van der Waals surface area (Å²) in [5.41, 5.74) is 2.21. The predicted octanol–water partition coefficient (Wildman–Crippen LogP) is 2.37. The van der Waals surface area contributed by atoms with Crippen molar-refractivity contribution in [3.63, 3.8) is 0 Å². The molecule has 1 aromatic heterocycles. The Morgan fingerprint density at radius 3 is 2.67 bits per heavy atom. The highest BCUT2D eigenvalue weighted by Crippen LogP contribution is 2.14. The largest absolute Gasteiger partial charge is 0.300 e. The van der Waals surface area contributed by atoms with Crippen molar-refractivity contribution in [2.45, 2.75) is 47.1 Å².